The first-order chi connectivity index (χ1) is 25.7. The molecule has 18 nitrogen and oxygen atoms in total. The molecule has 9 atom stereocenters. The van der Waals surface area contributed by atoms with Crippen molar-refractivity contribution in [2.24, 2.45) is 4.99 Å². The third-order valence-corrected chi connectivity index (χ3v) is 13.7. The SMILES string of the molecule is CC1OC(CS(=O)(=O)CS(=O)(=O)/C=C/C2OC(n3cnc4c(=O)n(Cc5ccccc5)c(/N=C/N(C)C)nc43)C3OC(C)(C)OC23)C(O)C2OC(C)(C)OC12. The van der Waals surface area contributed by atoms with Crippen molar-refractivity contribution >= 4 is 43.1 Å². The second-order valence-electron chi connectivity index (χ2n) is 15.3. The molecule has 300 valence electrons. The number of benzene rings is 1. The van der Waals surface area contributed by atoms with E-state index >= 15 is 0 Å². The van der Waals surface area contributed by atoms with Gasteiger partial charge in [0.05, 0.1) is 31.1 Å². The van der Waals surface area contributed by atoms with E-state index in [1.54, 1.807) is 53.6 Å². The first kappa shape index (κ1) is 39.6. The summed E-state index contributed by atoms with van der Waals surface area (Å²) in [5.74, 6) is -2.74. The largest absolute Gasteiger partial charge is 0.388 e. The van der Waals surface area contributed by atoms with Crippen LogP contribution in [0.5, 0.6) is 0 Å². The number of aliphatic imine (C=N–C) groups is 1. The quantitative estimate of drug-likeness (QED) is 0.213. The number of rotatable bonds is 11. The average Bonchev–Trinajstić information content (AvgIpc) is 3.82. The van der Waals surface area contributed by atoms with Crippen molar-refractivity contribution in [1.29, 1.82) is 0 Å². The smallest absolute Gasteiger partial charge is 0.283 e. The molecular weight excluding hydrogens is 761 g/mol. The lowest BCUT2D eigenvalue weighted by Gasteiger charge is -2.38. The molecule has 0 amide bonds. The van der Waals surface area contributed by atoms with Gasteiger partial charge < -0.3 is 38.4 Å². The Balaban J connectivity index is 1.12. The minimum Gasteiger partial charge on any atom is -0.388 e. The number of nitrogens with zero attached hydrogens (tertiary/aromatic N) is 6. The van der Waals surface area contributed by atoms with E-state index in [2.05, 4.69) is 9.98 Å². The fraction of sp³-hybridized carbons (Fsp3) is 0.600. The number of aliphatic hydroxyl groups excluding tert-OH is 1. The van der Waals surface area contributed by atoms with Crippen LogP contribution in [0.15, 0.2) is 57.9 Å². The first-order valence-corrected chi connectivity index (χ1v) is 21.3. The van der Waals surface area contributed by atoms with E-state index in [-0.39, 0.29) is 23.7 Å². The van der Waals surface area contributed by atoms with Crippen molar-refractivity contribution in [3.8, 4) is 0 Å². The van der Waals surface area contributed by atoms with Crippen LogP contribution in [0.4, 0.5) is 5.95 Å². The van der Waals surface area contributed by atoms with Crippen LogP contribution in [0, 0.1) is 0 Å². The maximum Gasteiger partial charge on any atom is 0.283 e. The molecule has 4 fully saturated rings. The van der Waals surface area contributed by atoms with E-state index in [9.17, 15) is 26.7 Å². The molecule has 3 aromatic rings. The third-order valence-electron chi connectivity index (χ3n) is 9.56. The molecule has 55 heavy (non-hydrogen) atoms. The second-order valence-corrected chi connectivity index (χ2v) is 19.7. The van der Waals surface area contributed by atoms with Gasteiger partial charge in [0.15, 0.2) is 53.7 Å². The average molecular weight is 807 g/mol. The molecule has 9 unspecified atom stereocenters. The molecule has 0 bridgehead atoms. The van der Waals surface area contributed by atoms with E-state index in [1.807, 2.05) is 30.3 Å². The summed E-state index contributed by atoms with van der Waals surface area (Å²) in [5, 5.41) is 10.4. The summed E-state index contributed by atoms with van der Waals surface area (Å²) in [6, 6.07) is 9.38. The summed E-state index contributed by atoms with van der Waals surface area (Å²) >= 11 is 0. The number of fused-ring (bicyclic) bond motifs is 3. The Kier molecular flexibility index (Phi) is 10.4. The minimum absolute atomic E-state index is 0.0533. The summed E-state index contributed by atoms with van der Waals surface area (Å²) < 4.78 is 92.0. The lowest BCUT2D eigenvalue weighted by Crippen LogP contribution is -2.57. The van der Waals surface area contributed by atoms with Crippen molar-refractivity contribution in [3.63, 3.8) is 0 Å². The van der Waals surface area contributed by atoms with Crippen LogP contribution < -0.4 is 5.56 Å². The van der Waals surface area contributed by atoms with Gasteiger partial charge in [-0.3, -0.25) is 13.9 Å². The molecule has 7 rings (SSSR count). The number of aliphatic hydroxyl groups is 1. The van der Waals surface area contributed by atoms with E-state index in [4.69, 9.17) is 33.4 Å². The number of sulfone groups is 2. The fourth-order valence-electron chi connectivity index (χ4n) is 7.35. The zero-order chi connectivity index (χ0) is 39.7. The highest BCUT2D eigenvalue weighted by atomic mass is 32.3. The maximum absolute atomic E-state index is 13.9. The Morgan fingerprint density at radius 2 is 1.60 bits per heavy atom. The normalized spacial score (nSPS) is 31.7. The van der Waals surface area contributed by atoms with Gasteiger partial charge in [0.2, 0.25) is 5.95 Å². The Labute approximate surface area is 318 Å². The number of hydrogen-bond acceptors (Lipinski definition) is 15. The summed E-state index contributed by atoms with van der Waals surface area (Å²) in [6.45, 7) is 8.61. The predicted octanol–water partition coefficient (Wildman–Crippen LogP) is 1.25. The Hall–Kier alpha value is -3.60. The van der Waals surface area contributed by atoms with Gasteiger partial charge in [0.25, 0.3) is 5.56 Å². The third kappa shape index (κ3) is 8.28. The van der Waals surface area contributed by atoms with Crippen molar-refractivity contribution in [1.82, 2.24) is 24.0 Å². The van der Waals surface area contributed by atoms with Gasteiger partial charge in [-0.1, -0.05) is 30.3 Å². The zero-order valence-corrected chi connectivity index (χ0v) is 33.1. The van der Waals surface area contributed by atoms with Gasteiger partial charge >= 0.3 is 0 Å². The zero-order valence-electron chi connectivity index (χ0n) is 31.5. The molecule has 4 saturated heterocycles. The monoisotopic (exact) mass is 806 g/mol. The molecule has 1 aromatic carbocycles. The van der Waals surface area contributed by atoms with Crippen LogP contribution >= 0.6 is 0 Å². The van der Waals surface area contributed by atoms with Crippen molar-refractivity contribution in [3.05, 3.63) is 64.1 Å². The molecule has 4 aliphatic rings. The Morgan fingerprint density at radius 1 is 0.945 bits per heavy atom. The Bertz CT molecular complexity index is 2260. The van der Waals surface area contributed by atoms with Gasteiger partial charge in [-0.05, 0) is 46.3 Å². The summed E-state index contributed by atoms with van der Waals surface area (Å²) in [7, 11) is -5.16. The molecule has 4 aliphatic heterocycles. The van der Waals surface area contributed by atoms with Gasteiger partial charge in [-0.2, -0.15) is 4.98 Å². The van der Waals surface area contributed by atoms with Crippen molar-refractivity contribution < 1.29 is 50.4 Å². The molecule has 20 heteroatoms. The van der Waals surface area contributed by atoms with Crippen molar-refractivity contribution in [2.75, 3.05) is 24.9 Å². The predicted molar refractivity (Wildman–Crippen MR) is 198 cm³/mol. The maximum atomic E-state index is 13.9. The fourth-order valence-corrected chi connectivity index (χ4v) is 11.2. The molecule has 0 spiro atoms. The molecule has 0 aliphatic carbocycles. The van der Waals surface area contributed by atoms with Crippen molar-refractivity contribution in [2.45, 2.75) is 108 Å². The number of aromatic nitrogens is 4. The molecule has 0 radical (unpaired) electrons. The number of hydrogen-bond donors (Lipinski definition) is 1. The minimum atomic E-state index is -4.40. The van der Waals surface area contributed by atoms with Gasteiger partial charge in [0, 0.05) is 19.5 Å². The molecule has 1 N–H and O–H groups in total. The topological polar surface area (TPSA) is 212 Å². The molecule has 0 saturated carbocycles. The summed E-state index contributed by atoms with van der Waals surface area (Å²) in [5.41, 5.74) is 0.633. The van der Waals surface area contributed by atoms with E-state index in [1.165, 1.54) is 27.9 Å². The highest BCUT2D eigenvalue weighted by Crippen LogP contribution is 2.44. The molecule has 6 heterocycles. The van der Waals surface area contributed by atoms with Crippen LogP contribution in [0.25, 0.3) is 11.2 Å². The van der Waals surface area contributed by atoms with Crippen LogP contribution in [0.3, 0.4) is 0 Å². The number of ether oxygens (including phenoxy) is 6. The van der Waals surface area contributed by atoms with Gasteiger partial charge in [-0.25, -0.2) is 26.8 Å². The second kappa shape index (κ2) is 14.4. The molecular formula is C35H46N6O12S2. The van der Waals surface area contributed by atoms with Crippen LogP contribution in [-0.4, -0.2) is 138 Å². The Morgan fingerprint density at radius 3 is 2.29 bits per heavy atom. The highest BCUT2D eigenvalue weighted by Gasteiger charge is 2.56. The molecule has 2 aromatic heterocycles. The standard InChI is InChI=1S/C35H46N6O12S2/c1-20-26-28(52-34(2,3)50-26)25(42)23(48-20)16-55(46,47)19-54(44,45)14-13-22-27-29(53-35(4,5)51-27)32(49-22)41-18-36-24-30(41)38-33(37-17-39(6)7)40(31(24)43)15-21-11-9-8-10-12-21/h8-14,17-18,20,22-23,25-29,32,42H,15-16,19H2,1-7H3/b14-13+,37-17+. The number of imidazole rings is 1. The van der Waals surface area contributed by atoms with Crippen LogP contribution in [0.1, 0.15) is 46.4 Å². The lowest BCUT2D eigenvalue weighted by molar-refractivity contribution is -0.191. The van der Waals surface area contributed by atoms with Gasteiger partial charge in [-0.15, -0.1) is 0 Å². The van der Waals surface area contributed by atoms with Crippen LogP contribution in [-0.2, 0) is 54.6 Å². The summed E-state index contributed by atoms with van der Waals surface area (Å²) in [6.07, 6.45) is -4.19. The van der Waals surface area contributed by atoms with Gasteiger partial charge in [0.1, 0.15) is 42.7 Å². The van der Waals surface area contributed by atoms with E-state index in [0.29, 0.717) is 0 Å². The van der Waals surface area contributed by atoms with Crippen LogP contribution in [0.2, 0.25) is 0 Å². The highest BCUT2D eigenvalue weighted by molar-refractivity contribution is 8.09. The summed E-state index contributed by atoms with van der Waals surface area (Å²) in [4.78, 5) is 29.2. The van der Waals surface area contributed by atoms with E-state index in [0.717, 1.165) is 11.0 Å². The lowest BCUT2D eigenvalue weighted by atomic mass is 9.96. The van der Waals surface area contributed by atoms with E-state index < -0.39 is 103 Å². The first-order valence-electron chi connectivity index (χ1n) is 17.7.